The van der Waals surface area contributed by atoms with Gasteiger partial charge in [-0.25, -0.2) is 14.2 Å². The second kappa shape index (κ2) is 9.59. The fourth-order valence-corrected chi connectivity index (χ4v) is 5.36. The normalized spacial score (nSPS) is 16.9. The molecule has 0 aliphatic carbocycles. The molecular weight excluding hydrogens is 495 g/mol. The van der Waals surface area contributed by atoms with Crippen LogP contribution in [-0.2, 0) is 20.7 Å². The molecule has 1 atom stereocenters. The van der Waals surface area contributed by atoms with Crippen LogP contribution >= 0.6 is 11.3 Å². The number of aliphatic hydroxyl groups is 1. The van der Waals surface area contributed by atoms with Gasteiger partial charge in [0.25, 0.3) is 5.78 Å². The molecule has 1 aliphatic heterocycles. The van der Waals surface area contributed by atoms with Gasteiger partial charge in [-0.05, 0) is 66.1 Å². The zero-order chi connectivity index (χ0) is 26.3. The number of fused-ring (bicyclic) bond motifs is 1. The number of hydrogen-bond acceptors (Lipinski definition) is 7. The summed E-state index contributed by atoms with van der Waals surface area (Å²) in [5, 5.41) is 11.4. The van der Waals surface area contributed by atoms with Crippen molar-refractivity contribution < 1.29 is 28.6 Å². The Morgan fingerprint density at radius 1 is 1.05 bits per heavy atom. The Morgan fingerprint density at radius 2 is 1.73 bits per heavy atom. The quantitative estimate of drug-likeness (QED) is 0.165. The number of nitrogens with zero attached hydrogens (tertiary/aromatic N) is 2. The zero-order valence-corrected chi connectivity index (χ0v) is 20.7. The van der Waals surface area contributed by atoms with E-state index in [4.69, 9.17) is 4.74 Å². The zero-order valence-electron chi connectivity index (χ0n) is 19.9. The molecule has 37 heavy (non-hydrogen) atoms. The minimum absolute atomic E-state index is 0.157. The maximum atomic E-state index is 13.5. The lowest BCUT2D eigenvalue weighted by atomic mass is 9.95. The molecule has 186 valence electrons. The summed E-state index contributed by atoms with van der Waals surface area (Å²) in [7, 11) is 1.27. The molecule has 9 heteroatoms. The molecule has 1 aromatic heterocycles. The van der Waals surface area contributed by atoms with Gasteiger partial charge in [-0.15, -0.1) is 0 Å². The van der Waals surface area contributed by atoms with Gasteiger partial charge in [-0.2, -0.15) is 0 Å². The standard InChI is InChI=1S/C28H21FN2O5S/c1-3-15-4-13-20-21(14-15)37-28(30-20)31-23(16-5-7-18(8-6-16)27(35)36-2)22(25(33)26(31)34)24(32)17-9-11-19(29)12-10-17/h4-14,23,32H,3H2,1-2H3/b24-22+/t23-/m0/s1. The van der Waals surface area contributed by atoms with Gasteiger partial charge in [0, 0.05) is 5.56 Å². The number of halogens is 1. The number of aliphatic hydroxyl groups excluding tert-OH is 1. The minimum atomic E-state index is -1.03. The van der Waals surface area contributed by atoms with Gasteiger partial charge in [0.1, 0.15) is 11.6 Å². The van der Waals surface area contributed by atoms with Crippen molar-refractivity contribution in [2.24, 2.45) is 0 Å². The summed E-state index contributed by atoms with van der Waals surface area (Å²) in [6.45, 7) is 2.04. The van der Waals surface area contributed by atoms with Crippen molar-refractivity contribution in [2.45, 2.75) is 19.4 Å². The number of rotatable bonds is 5. The molecule has 1 saturated heterocycles. The number of benzene rings is 3. The van der Waals surface area contributed by atoms with Crippen LogP contribution in [0.1, 0.15) is 40.0 Å². The summed E-state index contributed by atoms with van der Waals surface area (Å²) in [5.74, 6) is -3.21. The van der Waals surface area contributed by atoms with Gasteiger partial charge in [0.05, 0.1) is 34.5 Å². The number of methoxy groups -OCH3 is 1. The van der Waals surface area contributed by atoms with Gasteiger partial charge in [-0.1, -0.05) is 36.5 Å². The lowest BCUT2D eigenvalue weighted by Gasteiger charge is -2.23. The van der Waals surface area contributed by atoms with Crippen molar-refractivity contribution in [3.8, 4) is 0 Å². The highest BCUT2D eigenvalue weighted by molar-refractivity contribution is 7.22. The number of carbonyl (C=O) groups excluding carboxylic acids is 3. The predicted octanol–water partition coefficient (Wildman–Crippen LogP) is 5.41. The summed E-state index contributed by atoms with van der Waals surface area (Å²) in [4.78, 5) is 44.5. The lowest BCUT2D eigenvalue weighted by molar-refractivity contribution is -0.132. The van der Waals surface area contributed by atoms with Crippen molar-refractivity contribution in [3.63, 3.8) is 0 Å². The van der Waals surface area contributed by atoms with Crippen LogP contribution in [0, 0.1) is 5.82 Å². The summed E-state index contributed by atoms with van der Waals surface area (Å²) >= 11 is 1.27. The monoisotopic (exact) mass is 516 g/mol. The number of amides is 1. The number of aryl methyl sites for hydroxylation is 1. The SMILES string of the molecule is CCc1ccc2nc(N3C(=O)C(=O)/C(=C(/O)c4ccc(F)cc4)[C@@H]3c3ccc(C(=O)OC)cc3)sc2c1. The van der Waals surface area contributed by atoms with Crippen LogP contribution in [0.25, 0.3) is 16.0 Å². The third-order valence-electron chi connectivity index (χ3n) is 6.27. The summed E-state index contributed by atoms with van der Waals surface area (Å²) in [6, 6.07) is 16.0. The molecule has 2 heterocycles. The van der Waals surface area contributed by atoms with Crippen LogP contribution in [0.2, 0.25) is 0 Å². The average Bonchev–Trinajstić information content (AvgIpc) is 3.45. The van der Waals surface area contributed by atoms with Gasteiger partial charge in [0.15, 0.2) is 5.13 Å². The molecule has 0 saturated carbocycles. The number of ketones is 1. The summed E-state index contributed by atoms with van der Waals surface area (Å²) in [5.41, 5.74) is 2.58. The van der Waals surface area contributed by atoms with Crippen LogP contribution in [-0.4, -0.2) is 34.9 Å². The van der Waals surface area contributed by atoms with Crippen molar-refractivity contribution in [1.82, 2.24) is 4.98 Å². The fourth-order valence-electron chi connectivity index (χ4n) is 4.31. The fraction of sp³-hybridized carbons (Fsp3) is 0.143. The van der Waals surface area contributed by atoms with Crippen molar-refractivity contribution >= 4 is 50.1 Å². The lowest BCUT2D eigenvalue weighted by Crippen LogP contribution is -2.29. The molecule has 0 bridgehead atoms. The molecule has 0 spiro atoms. The largest absolute Gasteiger partial charge is 0.507 e. The number of Topliss-reactive ketones (excluding diaryl/α,β-unsaturated/α-hetero) is 1. The van der Waals surface area contributed by atoms with Crippen molar-refractivity contribution in [1.29, 1.82) is 0 Å². The van der Waals surface area contributed by atoms with E-state index in [-0.39, 0.29) is 16.7 Å². The van der Waals surface area contributed by atoms with Crippen LogP contribution in [0.15, 0.2) is 72.3 Å². The molecule has 0 unspecified atom stereocenters. The Bertz CT molecular complexity index is 1570. The number of esters is 1. The highest BCUT2D eigenvalue weighted by Crippen LogP contribution is 2.44. The Balaban J connectivity index is 1.70. The molecule has 5 rings (SSSR count). The van der Waals surface area contributed by atoms with E-state index < -0.39 is 35.3 Å². The number of anilines is 1. The Kier molecular flexibility index (Phi) is 6.31. The predicted molar refractivity (Wildman–Crippen MR) is 138 cm³/mol. The second-order valence-corrected chi connectivity index (χ2v) is 9.45. The molecule has 1 fully saturated rings. The maximum absolute atomic E-state index is 13.5. The second-order valence-electron chi connectivity index (χ2n) is 8.44. The average molecular weight is 517 g/mol. The molecular formula is C28H21FN2O5S. The van der Waals surface area contributed by atoms with Gasteiger partial charge in [0.2, 0.25) is 0 Å². The van der Waals surface area contributed by atoms with Gasteiger partial charge in [-0.3, -0.25) is 14.5 Å². The number of hydrogen-bond donors (Lipinski definition) is 1. The highest BCUT2D eigenvalue weighted by Gasteiger charge is 2.48. The number of thiazole rings is 1. The first-order valence-electron chi connectivity index (χ1n) is 11.5. The van der Waals surface area contributed by atoms with Gasteiger partial charge >= 0.3 is 11.9 Å². The van der Waals surface area contributed by atoms with E-state index in [1.54, 1.807) is 12.1 Å². The molecule has 1 aliphatic rings. The molecule has 7 nitrogen and oxygen atoms in total. The Morgan fingerprint density at radius 3 is 2.38 bits per heavy atom. The van der Waals surface area contributed by atoms with Crippen LogP contribution in [0.4, 0.5) is 9.52 Å². The number of aromatic nitrogens is 1. The molecule has 1 N–H and O–H groups in total. The summed E-state index contributed by atoms with van der Waals surface area (Å²) in [6.07, 6.45) is 0.831. The van der Waals surface area contributed by atoms with Crippen molar-refractivity contribution in [3.05, 3.63) is 100 Å². The number of ether oxygens (including phenoxy) is 1. The van der Waals surface area contributed by atoms with Crippen LogP contribution < -0.4 is 4.90 Å². The van der Waals surface area contributed by atoms with Gasteiger partial charge < -0.3 is 9.84 Å². The first kappa shape index (κ1) is 24.3. The van der Waals surface area contributed by atoms with Crippen LogP contribution in [0.5, 0.6) is 0 Å². The van der Waals surface area contributed by atoms with E-state index in [1.165, 1.54) is 47.6 Å². The Hall–Kier alpha value is -4.37. The van der Waals surface area contributed by atoms with E-state index in [9.17, 15) is 23.9 Å². The highest BCUT2D eigenvalue weighted by atomic mass is 32.1. The minimum Gasteiger partial charge on any atom is -0.507 e. The van der Waals surface area contributed by atoms with Crippen LogP contribution in [0.3, 0.4) is 0 Å². The van der Waals surface area contributed by atoms with E-state index >= 15 is 0 Å². The maximum Gasteiger partial charge on any atom is 0.337 e. The third kappa shape index (κ3) is 4.27. The molecule has 0 radical (unpaired) electrons. The molecule has 3 aromatic carbocycles. The summed E-state index contributed by atoms with van der Waals surface area (Å²) < 4.78 is 19.1. The van der Waals surface area contributed by atoms with E-state index in [0.717, 1.165) is 28.8 Å². The molecule has 4 aromatic rings. The first-order chi connectivity index (χ1) is 17.8. The third-order valence-corrected chi connectivity index (χ3v) is 7.28. The topological polar surface area (TPSA) is 96.8 Å². The van der Waals surface area contributed by atoms with E-state index in [0.29, 0.717) is 16.2 Å². The van der Waals surface area contributed by atoms with Crippen molar-refractivity contribution in [2.75, 3.05) is 12.0 Å². The number of carbonyl (C=O) groups is 3. The Labute approximate surface area is 215 Å². The first-order valence-corrected chi connectivity index (χ1v) is 12.3. The smallest absolute Gasteiger partial charge is 0.337 e. The molecule has 1 amide bonds. The van der Waals surface area contributed by atoms with E-state index in [1.807, 2.05) is 25.1 Å². The van der Waals surface area contributed by atoms with E-state index in [2.05, 4.69) is 4.98 Å².